The lowest BCUT2D eigenvalue weighted by molar-refractivity contribution is 0.388. The third kappa shape index (κ3) is 4.70. The highest BCUT2D eigenvalue weighted by Gasteiger charge is 2.41. The van der Waals surface area contributed by atoms with Gasteiger partial charge < -0.3 is 5.32 Å². The second kappa shape index (κ2) is 6.52. The molecule has 2 rings (SSSR count). The molecule has 6 heteroatoms. The van der Waals surface area contributed by atoms with E-state index in [4.69, 9.17) is 0 Å². The third-order valence-corrected chi connectivity index (χ3v) is 5.80. The minimum atomic E-state index is -3.29. The molecule has 0 bridgehead atoms. The number of rotatable bonds is 10. The van der Waals surface area contributed by atoms with Gasteiger partial charge in [0.25, 0.3) is 10.2 Å². The van der Waals surface area contributed by atoms with Crippen LogP contribution in [0.1, 0.15) is 32.1 Å². The Morgan fingerprint density at radius 2 is 1.79 bits per heavy atom. The van der Waals surface area contributed by atoms with Gasteiger partial charge in [0, 0.05) is 20.1 Å². The maximum Gasteiger partial charge on any atom is 0.279 e. The van der Waals surface area contributed by atoms with E-state index in [-0.39, 0.29) is 0 Å². The van der Waals surface area contributed by atoms with Crippen molar-refractivity contribution in [3.05, 3.63) is 0 Å². The Morgan fingerprint density at radius 3 is 2.26 bits per heavy atom. The summed E-state index contributed by atoms with van der Waals surface area (Å²) < 4.78 is 28.5. The average molecular weight is 289 g/mol. The highest BCUT2D eigenvalue weighted by atomic mass is 32.2. The summed E-state index contributed by atoms with van der Waals surface area (Å²) in [5.74, 6) is 2.15. The summed E-state index contributed by atoms with van der Waals surface area (Å²) in [6, 6.07) is 0. The van der Waals surface area contributed by atoms with Crippen LogP contribution in [0.25, 0.3) is 0 Å². The normalized spacial score (nSPS) is 20.4. The molecule has 0 aromatic carbocycles. The second-order valence-electron chi connectivity index (χ2n) is 5.97. The van der Waals surface area contributed by atoms with Gasteiger partial charge in [-0.3, -0.25) is 0 Å². The van der Waals surface area contributed by atoms with Crippen LogP contribution in [0.4, 0.5) is 0 Å². The number of hydrogen-bond donors (Lipinski definition) is 2. The summed E-state index contributed by atoms with van der Waals surface area (Å²) in [6.45, 7) is 2.04. The van der Waals surface area contributed by atoms with Gasteiger partial charge in [-0.15, -0.1) is 0 Å². The zero-order chi connectivity index (χ0) is 13.9. The van der Waals surface area contributed by atoms with Gasteiger partial charge in [-0.05, 0) is 63.5 Å². The number of nitrogens with one attached hydrogen (secondary N) is 2. The van der Waals surface area contributed by atoms with Gasteiger partial charge in [-0.25, -0.2) is 4.72 Å². The predicted molar refractivity (Wildman–Crippen MR) is 77.0 cm³/mol. The van der Waals surface area contributed by atoms with Crippen molar-refractivity contribution in [2.24, 2.45) is 17.8 Å². The van der Waals surface area contributed by atoms with Crippen LogP contribution in [0.3, 0.4) is 0 Å². The molecule has 0 saturated heterocycles. The molecule has 5 nitrogen and oxygen atoms in total. The molecular formula is C13H27N3O2S. The first-order valence-electron chi connectivity index (χ1n) is 7.40. The molecule has 0 aromatic rings. The van der Waals surface area contributed by atoms with Crippen molar-refractivity contribution in [2.75, 3.05) is 33.7 Å². The van der Waals surface area contributed by atoms with Crippen LogP contribution in [0.5, 0.6) is 0 Å². The van der Waals surface area contributed by atoms with Gasteiger partial charge in [0.05, 0.1) is 0 Å². The summed E-state index contributed by atoms with van der Waals surface area (Å²) in [5, 5.41) is 3.03. The van der Waals surface area contributed by atoms with Crippen molar-refractivity contribution in [1.29, 1.82) is 0 Å². The lowest BCUT2D eigenvalue weighted by Gasteiger charge is -2.21. The maximum absolute atomic E-state index is 12.1. The summed E-state index contributed by atoms with van der Waals surface area (Å²) >= 11 is 0. The third-order valence-electron chi connectivity index (χ3n) is 4.27. The average Bonchev–Trinajstić information content (AvgIpc) is 3.23. The van der Waals surface area contributed by atoms with E-state index in [2.05, 4.69) is 10.0 Å². The van der Waals surface area contributed by atoms with Crippen LogP contribution < -0.4 is 10.0 Å². The fraction of sp³-hybridized carbons (Fsp3) is 1.00. The Hall–Kier alpha value is -0.170. The second-order valence-corrected chi connectivity index (χ2v) is 7.83. The smallest absolute Gasteiger partial charge is 0.279 e. The van der Waals surface area contributed by atoms with Gasteiger partial charge in [0.15, 0.2) is 0 Å². The molecule has 0 aliphatic heterocycles. The van der Waals surface area contributed by atoms with Crippen molar-refractivity contribution >= 4 is 10.2 Å². The van der Waals surface area contributed by atoms with Gasteiger partial charge >= 0.3 is 0 Å². The van der Waals surface area contributed by atoms with E-state index >= 15 is 0 Å². The molecule has 19 heavy (non-hydrogen) atoms. The predicted octanol–water partition coefficient (Wildman–Crippen LogP) is 0.798. The fourth-order valence-corrected chi connectivity index (χ4v) is 3.67. The van der Waals surface area contributed by atoms with Crippen molar-refractivity contribution < 1.29 is 8.42 Å². The Balaban J connectivity index is 1.75. The molecule has 112 valence electrons. The van der Waals surface area contributed by atoms with Crippen molar-refractivity contribution in [1.82, 2.24) is 14.3 Å². The molecule has 0 unspecified atom stereocenters. The molecule has 0 atom stereocenters. The van der Waals surface area contributed by atoms with Gasteiger partial charge in [0.1, 0.15) is 0 Å². The van der Waals surface area contributed by atoms with Crippen molar-refractivity contribution in [2.45, 2.75) is 32.1 Å². The fourth-order valence-electron chi connectivity index (χ4n) is 2.68. The minimum Gasteiger partial charge on any atom is -0.320 e. The molecule has 0 radical (unpaired) electrons. The van der Waals surface area contributed by atoms with Crippen molar-refractivity contribution in [3.63, 3.8) is 0 Å². The van der Waals surface area contributed by atoms with Gasteiger partial charge in [-0.1, -0.05) is 0 Å². The van der Waals surface area contributed by atoms with E-state index in [1.165, 1.54) is 30.0 Å². The highest BCUT2D eigenvalue weighted by molar-refractivity contribution is 7.87. The van der Waals surface area contributed by atoms with E-state index in [9.17, 15) is 8.42 Å². The maximum atomic E-state index is 12.1. The Bertz CT molecular complexity index is 365. The first-order chi connectivity index (χ1) is 9.04. The molecule has 2 aliphatic rings. The summed E-state index contributed by atoms with van der Waals surface area (Å²) in [6.07, 6.45) is 6.01. The molecular weight excluding hydrogens is 262 g/mol. The van der Waals surface area contributed by atoms with E-state index in [1.54, 1.807) is 7.05 Å². The number of hydrogen-bond acceptors (Lipinski definition) is 3. The molecule has 0 heterocycles. The van der Waals surface area contributed by atoms with Gasteiger partial charge in [-0.2, -0.15) is 12.7 Å². The van der Waals surface area contributed by atoms with Crippen LogP contribution in [0.2, 0.25) is 0 Å². The lowest BCUT2D eigenvalue weighted by atomic mass is 9.99. The standard InChI is InChI=1S/C13H27N3O2S/c1-14-8-3-9-16(2)19(17,18)15-10-13(11-4-5-11)12-6-7-12/h11-15H,3-10H2,1-2H3. The topological polar surface area (TPSA) is 61.4 Å². The molecule has 2 fully saturated rings. The zero-order valence-electron chi connectivity index (χ0n) is 12.1. The SMILES string of the molecule is CNCCCN(C)S(=O)(=O)NCC(C1CC1)C1CC1. The van der Waals surface area contributed by atoms with Crippen LogP contribution in [0, 0.1) is 17.8 Å². The molecule has 0 spiro atoms. The van der Waals surface area contributed by atoms with Crippen LogP contribution in [0.15, 0.2) is 0 Å². The first kappa shape index (κ1) is 15.2. The minimum absolute atomic E-state index is 0.563. The quantitative estimate of drug-likeness (QED) is 0.585. The van der Waals surface area contributed by atoms with E-state index < -0.39 is 10.2 Å². The van der Waals surface area contributed by atoms with Crippen LogP contribution in [-0.2, 0) is 10.2 Å². The van der Waals surface area contributed by atoms with Crippen LogP contribution in [-0.4, -0.2) is 46.5 Å². The lowest BCUT2D eigenvalue weighted by Crippen LogP contribution is -2.41. The molecule has 0 amide bonds. The summed E-state index contributed by atoms with van der Waals surface area (Å²) in [5.41, 5.74) is 0. The first-order valence-corrected chi connectivity index (χ1v) is 8.84. The van der Waals surface area contributed by atoms with Crippen LogP contribution >= 0.6 is 0 Å². The highest BCUT2D eigenvalue weighted by Crippen LogP contribution is 2.48. The Labute approximate surface area is 117 Å². The van der Waals surface area contributed by atoms with E-state index in [0.29, 0.717) is 19.0 Å². The van der Waals surface area contributed by atoms with E-state index in [1.807, 2.05) is 7.05 Å². The number of nitrogens with zero attached hydrogens (tertiary/aromatic N) is 1. The molecule has 2 N–H and O–H groups in total. The monoisotopic (exact) mass is 289 g/mol. The Morgan fingerprint density at radius 1 is 1.21 bits per heavy atom. The summed E-state index contributed by atoms with van der Waals surface area (Å²) in [7, 11) is 0.240. The van der Waals surface area contributed by atoms with Crippen molar-refractivity contribution in [3.8, 4) is 0 Å². The largest absolute Gasteiger partial charge is 0.320 e. The summed E-state index contributed by atoms with van der Waals surface area (Å²) in [4.78, 5) is 0. The molecule has 0 aromatic heterocycles. The zero-order valence-corrected chi connectivity index (χ0v) is 12.9. The Kier molecular flexibility index (Phi) is 5.22. The molecule has 2 aliphatic carbocycles. The van der Waals surface area contributed by atoms with E-state index in [0.717, 1.165) is 24.8 Å². The van der Waals surface area contributed by atoms with Gasteiger partial charge in [0.2, 0.25) is 0 Å². The molecule has 2 saturated carbocycles.